The molecule has 0 amide bonds. The van der Waals surface area contributed by atoms with E-state index in [2.05, 4.69) is 4.98 Å². The van der Waals surface area contributed by atoms with E-state index < -0.39 is 0 Å². The summed E-state index contributed by atoms with van der Waals surface area (Å²) in [6.45, 7) is 0.709. The molecule has 1 saturated carbocycles. The topological polar surface area (TPSA) is 52.0 Å². The molecule has 0 aromatic carbocycles. The van der Waals surface area contributed by atoms with E-state index in [4.69, 9.17) is 10.2 Å². The van der Waals surface area contributed by atoms with Gasteiger partial charge in [-0.05, 0) is 25.8 Å². The summed E-state index contributed by atoms with van der Waals surface area (Å²) in [7, 11) is 0. The van der Waals surface area contributed by atoms with Crippen molar-refractivity contribution in [3.05, 3.63) is 17.8 Å². The zero-order valence-corrected chi connectivity index (χ0v) is 9.95. The predicted molar refractivity (Wildman–Crippen MR) is 64.3 cm³/mol. The Hall–Kier alpha value is -0.830. The van der Waals surface area contributed by atoms with Crippen LogP contribution in [0.25, 0.3) is 0 Å². The number of rotatable bonds is 4. The molecule has 0 saturated heterocycles. The van der Waals surface area contributed by atoms with Crippen molar-refractivity contribution in [2.75, 3.05) is 6.54 Å². The van der Waals surface area contributed by atoms with Crippen LogP contribution in [0, 0.1) is 0 Å². The molecule has 0 unspecified atom stereocenters. The van der Waals surface area contributed by atoms with Crippen LogP contribution in [-0.2, 0) is 6.42 Å². The van der Waals surface area contributed by atoms with E-state index in [1.54, 1.807) is 0 Å². The van der Waals surface area contributed by atoms with Crippen molar-refractivity contribution in [1.82, 2.24) is 4.98 Å². The van der Waals surface area contributed by atoms with Gasteiger partial charge in [-0.2, -0.15) is 0 Å². The molecule has 2 N–H and O–H groups in total. The average molecular weight is 222 g/mol. The molecule has 90 valence electrons. The average Bonchev–Trinajstić information content (AvgIpc) is 2.60. The zero-order chi connectivity index (χ0) is 11.2. The van der Waals surface area contributed by atoms with Gasteiger partial charge in [-0.1, -0.05) is 25.7 Å². The molecular weight excluding hydrogens is 200 g/mol. The molecule has 1 aliphatic carbocycles. The molecule has 3 heteroatoms. The quantitative estimate of drug-likeness (QED) is 0.797. The SMILES string of the molecule is NCCCc1ncc(C2CCCCCC2)o1. The largest absolute Gasteiger partial charge is 0.445 e. The van der Waals surface area contributed by atoms with Crippen LogP contribution in [0.3, 0.4) is 0 Å². The van der Waals surface area contributed by atoms with E-state index in [9.17, 15) is 0 Å². The van der Waals surface area contributed by atoms with Crippen LogP contribution in [0.2, 0.25) is 0 Å². The third-order valence-corrected chi connectivity index (χ3v) is 3.42. The van der Waals surface area contributed by atoms with Crippen molar-refractivity contribution in [2.45, 2.75) is 57.3 Å². The van der Waals surface area contributed by atoms with E-state index in [0.717, 1.165) is 24.5 Å². The summed E-state index contributed by atoms with van der Waals surface area (Å²) in [6.07, 6.45) is 11.7. The summed E-state index contributed by atoms with van der Waals surface area (Å²) in [5.41, 5.74) is 5.48. The van der Waals surface area contributed by atoms with Crippen molar-refractivity contribution >= 4 is 0 Å². The Balaban J connectivity index is 1.94. The maximum atomic E-state index is 5.81. The van der Waals surface area contributed by atoms with Gasteiger partial charge in [0.1, 0.15) is 5.76 Å². The normalized spacial score (nSPS) is 18.6. The van der Waals surface area contributed by atoms with Gasteiger partial charge in [0, 0.05) is 12.3 Å². The van der Waals surface area contributed by atoms with E-state index >= 15 is 0 Å². The fourth-order valence-corrected chi connectivity index (χ4v) is 2.45. The minimum absolute atomic E-state index is 0.613. The fourth-order valence-electron chi connectivity index (χ4n) is 2.45. The van der Waals surface area contributed by atoms with E-state index in [1.165, 1.54) is 38.5 Å². The molecule has 0 spiro atoms. The maximum absolute atomic E-state index is 5.81. The van der Waals surface area contributed by atoms with Crippen LogP contribution < -0.4 is 5.73 Å². The highest BCUT2D eigenvalue weighted by Crippen LogP contribution is 2.31. The van der Waals surface area contributed by atoms with Gasteiger partial charge in [0.2, 0.25) is 0 Å². The van der Waals surface area contributed by atoms with Crippen molar-refractivity contribution < 1.29 is 4.42 Å². The van der Waals surface area contributed by atoms with Crippen molar-refractivity contribution in [3.63, 3.8) is 0 Å². The number of hydrogen-bond acceptors (Lipinski definition) is 3. The second-order valence-corrected chi connectivity index (χ2v) is 4.74. The Labute approximate surface area is 97.4 Å². The molecule has 0 radical (unpaired) electrons. The predicted octanol–water partition coefficient (Wildman–Crippen LogP) is 3.00. The highest BCUT2D eigenvalue weighted by atomic mass is 16.4. The van der Waals surface area contributed by atoms with Crippen LogP contribution in [0.1, 0.15) is 62.5 Å². The monoisotopic (exact) mass is 222 g/mol. The molecule has 0 atom stereocenters. The van der Waals surface area contributed by atoms with Gasteiger partial charge in [-0.3, -0.25) is 0 Å². The van der Waals surface area contributed by atoms with Gasteiger partial charge in [0.05, 0.1) is 6.20 Å². The molecule has 0 aliphatic heterocycles. The van der Waals surface area contributed by atoms with Crippen molar-refractivity contribution in [1.29, 1.82) is 0 Å². The second kappa shape index (κ2) is 6.04. The standard InChI is InChI=1S/C13H22N2O/c14-9-5-8-13-15-10-12(16-13)11-6-3-1-2-4-7-11/h10-11H,1-9,14H2. The summed E-state index contributed by atoms with van der Waals surface area (Å²) in [6, 6.07) is 0. The summed E-state index contributed by atoms with van der Waals surface area (Å²) in [4.78, 5) is 4.34. The highest BCUT2D eigenvalue weighted by molar-refractivity contribution is 5.02. The Morgan fingerprint density at radius 2 is 2.00 bits per heavy atom. The summed E-state index contributed by atoms with van der Waals surface area (Å²) < 4.78 is 5.81. The Bertz CT molecular complexity index is 301. The third kappa shape index (κ3) is 3.08. The minimum Gasteiger partial charge on any atom is -0.445 e. The lowest BCUT2D eigenvalue weighted by molar-refractivity contribution is 0.401. The van der Waals surface area contributed by atoms with Crippen molar-refractivity contribution in [3.8, 4) is 0 Å². The second-order valence-electron chi connectivity index (χ2n) is 4.74. The van der Waals surface area contributed by atoms with Gasteiger partial charge in [0.25, 0.3) is 0 Å². The molecule has 1 aromatic rings. The lowest BCUT2D eigenvalue weighted by atomic mass is 9.98. The molecule has 1 aliphatic rings. The Kier molecular flexibility index (Phi) is 4.40. The van der Waals surface area contributed by atoms with E-state index in [1.807, 2.05) is 6.20 Å². The summed E-state index contributed by atoms with van der Waals surface area (Å²) in [5, 5.41) is 0. The molecule has 1 aromatic heterocycles. The summed E-state index contributed by atoms with van der Waals surface area (Å²) >= 11 is 0. The first-order valence-electron chi connectivity index (χ1n) is 6.55. The number of oxazole rings is 1. The first-order chi connectivity index (χ1) is 7.90. The van der Waals surface area contributed by atoms with Crippen LogP contribution >= 0.6 is 0 Å². The number of aryl methyl sites for hydroxylation is 1. The van der Waals surface area contributed by atoms with Crippen LogP contribution in [-0.4, -0.2) is 11.5 Å². The highest BCUT2D eigenvalue weighted by Gasteiger charge is 2.18. The smallest absolute Gasteiger partial charge is 0.194 e. The van der Waals surface area contributed by atoms with Gasteiger partial charge < -0.3 is 10.2 Å². The first kappa shape index (κ1) is 11.6. The first-order valence-corrected chi connectivity index (χ1v) is 6.55. The van der Waals surface area contributed by atoms with Gasteiger partial charge >= 0.3 is 0 Å². The molecule has 3 nitrogen and oxygen atoms in total. The lowest BCUT2D eigenvalue weighted by Crippen LogP contribution is -2.00. The number of hydrogen-bond donors (Lipinski definition) is 1. The van der Waals surface area contributed by atoms with Gasteiger partial charge in [0.15, 0.2) is 5.89 Å². The van der Waals surface area contributed by atoms with Crippen LogP contribution in [0.5, 0.6) is 0 Å². The zero-order valence-electron chi connectivity index (χ0n) is 9.95. The maximum Gasteiger partial charge on any atom is 0.194 e. The third-order valence-electron chi connectivity index (χ3n) is 3.42. The van der Waals surface area contributed by atoms with Crippen LogP contribution in [0.15, 0.2) is 10.6 Å². The molecule has 1 heterocycles. The van der Waals surface area contributed by atoms with Crippen molar-refractivity contribution in [2.24, 2.45) is 5.73 Å². The Morgan fingerprint density at radius 1 is 1.25 bits per heavy atom. The number of aromatic nitrogens is 1. The minimum atomic E-state index is 0.613. The molecule has 1 fully saturated rings. The lowest BCUT2D eigenvalue weighted by Gasteiger charge is -2.09. The van der Waals surface area contributed by atoms with E-state index in [-0.39, 0.29) is 0 Å². The fraction of sp³-hybridized carbons (Fsp3) is 0.769. The Morgan fingerprint density at radius 3 is 2.69 bits per heavy atom. The van der Waals surface area contributed by atoms with E-state index in [0.29, 0.717) is 12.5 Å². The molecular formula is C13H22N2O. The van der Waals surface area contributed by atoms with Gasteiger partial charge in [-0.15, -0.1) is 0 Å². The molecule has 2 rings (SSSR count). The number of nitrogens with two attached hydrogens (primary N) is 1. The van der Waals surface area contributed by atoms with Crippen LogP contribution in [0.4, 0.5) is 0 Å². The van der Waals surface area contributed by atoms with Gasteiger partial charge in [-0.25, -0.2) is 4.98 Å². The molecule has 0 bridgehead atoms. The number of nitrogens with zero attached hydrogens (tertiary/aromatic N) is 1. The summed E-state index contributed by atoms with van der Waals surface area (Å²) in [5.74, 6) is 2.58. The molecule has 16 heavy (non-hydrogen) atoms.